The van der Waals surface area contributed by atoms with Crippen molar-refractivity contribution < 1.29 is 27.7 Å². The third kappa shape index (κ3) is 9.35. The van der Waals surface area contributed by atoms with Crippen LogP contribution in [0.4, 0.5) is 5.82 Å². The van der Waals surface area contributed by atoms with E-state index in [9.17, 15) is 13.5 Å². The van der Waals surface area contributed by atoms with E-state index in [1.165, 1.54) is 31.6 Å². The number of aromatic nitrogens is 4. The molecular weight excluding hydrogens is 570 g/mol. The number of rotatable bonds is 10. The molecule has 0 saturated heterocycles. The Morgan fingerprint density at radius 2 is 1.44 bits per heavy atom. The molecule has 11 nitrogen and oxygen atoms in total. The topological polar surface area (TPSA) is 146 Å². The number of anilines is 1. The van der Waals surface area contributed by atoms with Crippen molar-refractivity contribution >= 4 is 15.8 Å². The van der Waals surface area contributed by atoms with Gasteiger partial charge in [0.2, 0.25) is 11.6 Å². The minimum atomic E-state index is -4.14. The van der Waals surface area contributed by atoms with Gasteiger partial charge >= 0.3 is 0 Å². The van der Waals surface area contributed by atoms with Crippen LogP contribution in [0.5, 0.6) is 23.1 Å². The van der Waals surface area contributed by atoms with Crippen LogP contribution >= 0.6 is 0 Å². The Bertz CT molecular complexity index is 1530. The maximum Gasteiger partial charge on any atom is 0.263 e. The SMILES string of the molecule is CC.CC.COc1ccccc1Oc1c(NS(=O)(=O)c2ccc(C(C)(C)C)cc2)nc(-c2ncccn2)nc1OCCO. The first-order valence-electron chi connectivity index (χ1n) is 14.0. The molecular formula is C31H41N5O6S. The molecule has 2 N–H and O–H groups in total. The summed E-state index contributed by atoms with van der Waals surface area (Å²) in [5.41, 5.74) is 0.827. The molecule has 0 aliphatic carbocycles. The second-order valence-electron chi connectivity index (χ2n) is 9.31. The molecule has 0 bridgehead atoms. The molecule has 43 heavy (non-hydrogen) atoms. The zero-order valence-electron chi connectivity index (χ0n) is 26.0. The molecule has 0 radical (unpaired) electrons. The summed E-state index contributed by atoms with van der Waals surface area (Å²) in [7, 11) is -2.66. The van der Waals surface area contributed by atoms with Gasteiger partial charge in [0, 0.05) is 12.4 Å². The van der Waals surface area contributed by atoms with E-state index in [2.05, 4.69) is 24.7 Å². The van der Waals surface area contributed by atoms with E-state index in [1.807, 2.05) is 48.5 Å². The van der Waals surface area contributed by atoms with Crippen molar-refractivity contribution in [3.05, 3.63) is 72.6 Å². The number of methoxy groups -OCH3 is 1. The van der Waals surface area contributed by atoms with Gasteiger partial charge in [-0.1, -0.05) is 72.7 Å². The van der Waals surface area contributed by atoms with Gasteiger partial charge in [-0.2, -0.15) is 4.98 Å². The number of para-hydroxylation sites is 2. The predicted octanol–water partition coefficient (Wildman–Crippen LogP) is 6.26. The molecule has 12 heteroatoms. The number of aliphatic hydroxyl groups excluding tert-OH is 1. The summed E-state index contributed by atoms with van der Waals surface area (Å²) in [6.45, 7) is 13.7. The molecule has 4 rings (SSSR count). The summed E-state index contributed by atoms with van der Waals surface area (Å²) >= 11 is 0. The Morgan fingerprint density at radius 1 is 0.837 bits per heavy atom. The lowest BCUT2D eigenvalue weighted by molar-refractivity contribution is 0.192. The van der Waals surface area contributed by atoms with E-state index in [1.54, 1.807) is 42.5 Å². The zero-order valence-corrected chi connectivity index (χ0v) is 26.8. The number of nitrogens with zero attached hydrogens (tertiary/aromatic N) is 4. The minimum Gasteiger partial charge on any atom is -0.493 e. The van der Waals surface area contributed by atoms with Gasteiger partial charge in [-0.15, -0.1) is 0 Å². The normalized spacial score (nSPS) is 10.8. The van der Waals surface area contributed by atoms with Crippen molar-refractivity contribution in [1.29, 1.82) is 0 Å². The van der Waals surface area contributed by atoms with Crippen LogP contribution in [0.2, 0.25) is 0 Å². The summed E-state index contributed by atoms with van der Waals surface area (Å²) in [4.78, 5) is 17.1. The van der Waals surface area contributed by atoms with Crippen LogP contribution in [0.1, 0.15) is 54.0 Å². The van der Waals surface area contributed by atoms with Crippen molar-refractivity contribution in [2.75, 3.05) is 25.0 Å². The molecule has 2 aromatic heterocycles. The molecule has 0 atom stereocenters. The molecule has 0 saturated carbocycles. The Balaban J connectivity index is 0.00000155. The fraction of sp³-hybridized carbons (Fsp3) is 0.355. The lowest BCUT2D eigenvalue weighted by Crippen LogP contribution is -2.17. The van der Waals surface area contributed by atoms with E-state index in [-0.39, 0.29) is 58.4 Å². The van der Waals surface area contributed by atoms with Gasteiger partial charge in [0.1, 0.15) is 6.61 Å². The Labute approximate surface area is 254 Å². The third-order valence-electron chi connectivity index (χ3n) is 5.47. The lowest BCUT2D eigenvalue weighted by Gasteiger charge is -2.20. The number of ether oxygens (including phenoxy) is 3. The van der Waals surface area contributed by atoms with Crippen LogP contribution in [0.3, 0.4) is 0 Å². The summed E-state index contributed by atoms with van der Waals surface area (Å²) in [6.07, 6.45) is 3.00. The van der Waals surface area contributed by atoms with Crippen molar-refractivity contribution in [2.45, 2.75) is 58.8 Å². The molecule has 0 aliphatic rings. The van der Waals surface area contributed by atoms with Crippen molar-refractivity contribution in [3.63, 3.8) is 0 Å². The van der Waals surface area contributed by atoms with Crippen molar-refractivity contribution in [3.8, 4) is 34.8 Å². The Hall–Kier alpha value is -4.29. The predicted molar refractivity (Wildman–Crippen MR) is 167 cm³/mol. The van der Waals surface area contributed by atoms with Crippen molar-refractivity contribution in [1.82, 2.24) is 19.9 Å². The number of hydrogen-bond acceptors (Lipinski definition) is 10. The minimum absolute atomic E-state index is 0.0169. The largest absolute Gasteiger partial charge is 0.493 e. The standard InChI is InChI=1S/C27H29N5O6S.2C2H6/c1-27(2,3)18-10-12-19(13-11-18)39(34,35)32-23-22(38-21-9-6-5-8-20(21)36-4)26(37-17-16-33)31-25(30-23)24-28-14-7-15-29-24;2*1-2/h5-15,33H,16-17H2,1-4H3,(H,30,31,32);2*1-2H3. The molecule has 2 heterocycles. The van der Waals surface area contributed by atoms with Crippen molar-refractivity contribution in [2.24, 2.45) is 0 Å². The fourth-order valence-electron chi connectivity index (χ4n) is 3.48. The van der Waals surface area contributed by atoms with Gasteiger partial charge in [0.25, 0.3) is 15.9 Å². The highest BCUT2D eigenvalue weighted by atomic mass is 32.2. The van der Waals surface area contributed by atoms with Gasteiger partial charge in [-0.3, -0.25) is 4.72 Å². The Morgan fingerprint density at radius 3 is 2.00 bits per heavy atom. The van der Waals surface area contributed by atoms with Gasteiger partial charge in [-0.05, 0) is 41.3 Å². The Kier molecular flexibility index (Phi) is 13.3. The number of sulfonamides is 1. The zero-order chi connectivity index (χ0) is 32.0. The number of nitrogens with one attached hydrogen (secondary N) is 1. The van der Waals surface area contributed by atoms with Gasteiger partial charge < -0.3 is 19.3 Å². The lowest BCUT2D eigenvalue weighted by atomic mass is 9.87. The van der Waals surface area contributed by atoms with E-state index < -0.39 is 10.0 Å². The summed E-state index contributed by atoms with van der Waals surface area (Å²) in [5.74, 6) is 0.271. The average molecular weight is 612 g/mol. The van der Waals surface area contributed by atoms with Gasteiger partial charge in [-0.25, -0.2) is 23.4 Å². The first-order valence-corrected chi connectivity index (χ1v) is 15.5. The van der Waals surface area contributed by atoms with E-state index in [0.29, 0.717) is 5.75 Å². The number of hydrogen-bond donors (Lipinski definition) is 2. The molecule has 4 aromatic rings. The molecule has 0 spiro atoms. The second-order valence-corrected chi connectivity index (χ2v) is 11.0. The highest BCUT2D eigenvalue weighted by Gasteiger charge is 2.26. The number of benzene rings is 2. The van der Waals surface area contributed by atoms with Gasteiger partial charge in [0.15, 0.2) is 23.1 Å². The maximum atomic E-state index is 13.5. The maximum absolute atomic E-state index is 13.5. The quantitative estimate of drug-likeness (QED) is 0.211. The third-order valence-corrected chi connectivity index (χ3v) is 6.83. The van der Waals surface area contributed by atoms with Crippen LogP contribution in [-0.4, -0.2) is 53.8 Å². The highest BCUT2D eigenvalue weighted by molar-refractivity contribution is 7.92. The van der Waals surface area contributed by atoms with Crippen LogP contribution < -0.4 is 18.9 Å². The smallest absolute Gasteiger partial charge is 0.263 e. The summed E-state index contributed by atoms with van der Waals surface area (Å²) in [6, 6.07) is 15.0. The molecule has 0 fully saturated rings. The molecule has 232 valence electrons. The first kappa shape index (κ1) is 34.9. The van der Waals surface area contributed by atoms with E-state index in [0.717, 1.165) is 5.56 Å². The fourth-order valence-corrected chi connectivity index (χ4v) is 4.48. The first-order chi connectivity index (χ1) is 20.6. The summed E-state index contributed by atoms with van der Waals surface area (Å²) < 4.78 is 46.6. The molecule has 0 amide bonds. The second kappa shape index (κ2) is 16.4. The average Bonchev–Trinajstić information content (AvgIpc) is 3.03. The summed E-state index contributed by atoms with van der Waals surface area (Å²) in [5, 5.41) is 9.40. The molecule has 0 unspecified atom stereocenters. The van der Waals surface area contributed by atoms with Gasteiger partial charge in [0.05, 0.1) is 18.6 Å². The van der Waals surface area contributed by atoms with Crippen LogP contribution in [0.15, 0.2) is 71.9 Å². The monoisotopic (exact) mass is 611 g/mol. The number of aliphatic hydroxyl groups is 1. The molecule has 2 aromatic carbocycles. The van der Waals surface area contributed by atoms with E-state index in [4.69, 9.17) is 14.2 Å². The molecule has 0 aliphatic heterocycles. The van der Waals surface area contributed by atoms with Crippen LogP contribution in [0.25, 0.3) is 11.6 Å². The van der Waals surface area contributed by atoms with Crippen LogP contribution in [-0.2, 0) is 15.4 Å². The van der Waals surface area contributed by atoms with Crippen LogP contribution in [0, 0.1) is 0 Å². The van der Waals surface area contributed by atoms with E-state index >= 15 is 0 Å². The highest BCUT2D eigenvalue weighted by Crippen LogP contribution is 2.41.